The van der Waals surface area contributed by atoms with E-state index in [9.17, 15) is 5.11 Å². The zero-order valence-electron chi connectivity index (χ0n) is 13.7. The molecule has 1 unspecified atom stereocenters. The van der Waals surface area contributed by atoms with Crippen molar-refractivity contribution in [2.45, 2.75) is 65.8 Å². The third kappa shape index (κ3) is 5.26. The van der Waals surface area contributed by atoms with Crippen LogP contribution in [0.3, 0.4) is 0 Å². The van der Waals surface area contributed by atoms with Gasteiger partial charge in [-0.3, -0.25) is 0 Å². The summed E-state index contributed by atoms with van der Waals surface area (Å²) in [6.07, 6.45) is 3.01. The Morgan fingerprint density at radius 3 is 2.35 bits per heavy atom. The minimum Gasteiger partial charge on any atom is -0.395 e. The Kier molecular flexibility index (Phi) is 6.22. The number of nitrogens with two attached hydrogens (primary N) is 1. The summed E-state index contributed by atoms with van der Waals surface area (Å²) in [6.45, 7) is 11.3. The molecule has 0 fully saturated rings. The Balaban J connectivity index is 3.05. The molecule has 1 rings (SSSR count). The molecule has 0 bridgehead atoms. The van der Waals surface area contributed by atoms with Crippen LogP contribution in [0.25, 0.3) is 0 Å². The van der Waals surface area contributed by atoms with Crippen molar-refractivity contribution in [1.29, 1.82) is 0 Å². The van der Waals surface area contributed by atoms with Crippen molar-refractivity contribution >= 4 is 0 Å². The van der Waals surface area contributed by atoms with Crippen LogP contribution in [0.1, 0.15) is 63.6 Å². The van der Waals surface area contributed by atoms with Crippen LogP contribution in [-0.2, 0) is 12.8 Å². The Bertz CT molecular complexity index is 418. The molecule has 0 saturated heterocycles. The number of benzene rings is 1. The van der Waals surface area contributed by atoms with Gasteiger partial charge in [-0.1, -0.05) is 52.8 Å². The largest absolute Gasteiger partial charge is 0.395 e. The topological polar surface area (TPSA) is 46.2 Å². The van der Waals surface area contributed by atoms with E-state index in [0.717, 1.165) is 19.3 Å². The van der Waals surface area contributed by atoms with Crippen LogP contribution in [0, 0.1) is 5.41 Å². The molecular formula is C18H31NO. The lowest BCUT2D eigenvalue weighted by Gasteiger charge is -2.23. The molecule has 1 aromatic rings. The molecule has 1 atom stereocenters. The van der Waals surface area contributed by atoms with E-state index >= 15 is 0 Å². The Labute approximate surface area is 124 Å². The SMILES string of the molecule is CC(C)c1cccc(CCC(C)(C)C)c1CC(N)CO. The number of aliphatic hydroxyl groups is 1. The summed E-state index contributed by atoms with van der Waals surface area (Å²) in [5.41, 5.74) is 10.4. The van der Waals surface area contributed by atoms with Gasteiger partial charge in [-0.25, -0.2) is 0 Å². The molecule has 0 amide bonds. The van der Waals surface area contributed by atoms with E-state index in [1.165, 1.54) is 16.7 Å². The highest BCUT2D eigenvalue weighted by atomic mass is 16.3. The maximum atomic E-state index is 9.25. The smallest absolute Gasteiger partial charge is 0.0585 e. The van der Waals surface area contributed by atoms with Crippen molar-refractivity contribution in [2.75, 3.05) is 6.61 Å². The highest BCUT2D eigenvalue weighted by Crippen LogP contribution is 2.28. The standard InChI is InChI=1S/C18H31NO/c1-13(2)16-8-6-7-14(9-10-18(3,4)5)17(16)11-15(19)12-20/h6-8,13,15,20H,9-12,19H2,1-5H3. The third-order valence-corrected chi connectivity index (χ3v) is 3.78. The van der Waals surface area contributed by atoms with Crippen LogP contribution in [-0.4, -0.2) is 17.8 Å². The minimum absolute atomic E-state index is 0.0468. The molecule has 0 radical (unpaired) electrons. The first kappa shape index (κ1) is 17.2. The summed E-state index contributed by atoms with van der Waals surface area (Å²) < 4.78 is 0. The second-order valence-electron chi connectivity index (χ2n) is 7.35. The van der Waals surface area contributed by atoms with Crippen molar-refractivity contribution in [3.05, 3.63) is 34.9 Å². The highest BCUT2D eigenvalue weighted by Gasteiger charge is 2.16. The van der Waals surface area contributed by atoms with E-state index in [4.69, 9.17) is 5.73 Å². The lowest BCUT2D eigenvalue weighted by atomic mass is 9.84. The molecule has 0 saturated carbocycles. The van der Waals surface area contributed by atoms with Crippen LogP contribution in [0.15, 0.2) is 18.2 Å². The van der Waals surface area contributed by atoms with Gasteiger partial charge in [-0.15, -0.1) is 0 Å². The summed E-state index contributed by atoms with van der Waals surface area (Å²) in [7, 11) is 0. The number of rotatable bonds is 6. The first-order valence-corrected chi connectivity index (χ1v) is 7.71. The molecule has 2 heteroatoms. The highest BCUT2D eigenvalue weighted by molar-refractivity contribution is 5.38. The molecule has 0 aromatic heterocycles. The molecule has 0 aliphatic carbocycles. The van der Waals surface area contributed by atoms with Gasteiger partial charge >= 0.3 is 0 Å². The van der Waals surface area contributed by atoms with Crippen molar-refractivity contribution in [3.63, 3.8) is 0 Å². The maximum Gasteiger partial charge on any atom is 0.0585 e. The van der Waals surface area contributed by atoms with Crippen molar-refractivity contribution in [2.24, 2.45) is 11.1 Å². The van der Waals surface area contributed by atoms with Gasteiger partial charge < -0.3 is 10.8 Å². The van der Waals surface area contributed by atoms with Crippen LogP contribution in [0.5, 0.6) is 0 Å². The first-order valence-electron chi connectivity index (χ1n) is 7.71. The number of hydrogen-bond acceptors (Lipinski definition) is 2. The number of aryl methyl sites for hydroxylation is 1. The minimum atomic E-state index is -0.164. The molecule has 3 N–H and O–H groups in total. The van der Waals surface area contributed by atoms with Crippen molar-refractivity contribution < 1.29 is 5.11 Å². The quantitative estimate of drug-likeness (QED) is 0.833. The van der Waals surface area contributed by atoms with E-state index in [-0.39, 0.29) is 12.6 Å². The third-order valence-electron chi connectivity index (χ3n) is 3.78. The Morgan fingerprint density at radius 2 is 1.85 bits per heavy atom. The average molecular weight is 277 g/mol. The normalized spacial score (nSPS) is 13.8. The van der Waals surface area contributed by atoms with Gasteiger partial charge in [0.1, 0.15) is 0 Å². The molecular weight excluding hydrogens is 246 g/mol. The summed E-state index contributed by atoms with van der Waals surface area (Å²) >= 11 is 0. The van der Waals surface area contributed by atoms with Gasteiger partial charge in [0, 0.05) is 6.04 Å². The van der Waals surface area contributed by atoms with Gasteiger partial charge in [0.05, 0.1) is 6.61 Å². The van der Waals surface area contributed by atoms with Crippen molar-refractivity contribution in [3.8, 4) is 0 Å². The van der Waals surface area contributed by atoms with E-state index in [1.54, 1.807) is 0 Å². The van der Waals surface area contributed by atoms with Gasteiger partial charge in [-0.05, 0) is 47.3 Å². The fraction of sp³-hybridized carbons (Fsp3) is 0.667. The average Bonchev–Trinajstić information content (AvgIpc) is 2.35. The van der Waals surface area contributed by atoms with Gasteiger partial charge in [0.25, 0.3) is 0 Å². The lowest BCUT2D eigenvalue weighted by Crippen LogP contribution is -2.28. The second-order valence-corrected chi connectivity index (χ2v) is 7.35. The number of aliphatic hydroxyl groups excluding tert-OH is 1. The van der Waals surface area contributed by atoms with Gasteiger partial charge in [0.2, 0.25) is 0 Å². The van der Waals surface area contributed by atoms with Crippen LogP contribution < -0.4 is 5.73 Å². The van der Waals surface area contributed by atoms with E-state index < -0.39 is 0 Å². The second kappa shape index (κ2) is 7.24. The van der Waals surface area contributed by atoms with Crippen LogP contribution in [0.2, 0.25) is 0 Å². The zero-order chi connectivity index (χ0) is 15.3. The van der Waals surface area contributed by atoms with Crippen LogP contribution in [0.4, 0.5) is 0 Å². The summed E-state index contributed by atoms with van der Waals surface area (Å²) in [6, 6.07) is 6.41. The summed E-state index contributed by atoms with van der Waals surface area (Å²) in [5, 5.41) is 9.25. The first-order chi connectivity index (χ1) is 9.24. The lowest BCUT2D eigenvalue weighted by molar-refractivity contribution is 0.265. The van der Waals surface area contributed by atoms with Gasteiger partial charge in [0.15, 0.2) is 0 Å². The fourth-order valence-corrected chi connectivity index (χ4v) is 2.52. The maximum absolute atomic E-state index is 9.25. The molecule has 114 valence electrons. The van der Waals surface area contributed by atoms with E-state index in [2.05, 4.69) is 52.8 Å². The van der Waals surface area contributed by atoms with E-state index in [0.29, 0.717) is 11.3 Å². The van der Waals surface area contributed by atoms with E-state index in [1.807, 2.05) is 0 Å². The summed E-state index contributed by atoms with van der Waals surface area (Å²) in [4.78, 5) is 0. The fourth-order valence-electron chi connectivity index (χ4n) is 2.52. The predicted molar refractivity (Wildman–Crippen MR) is 87.1 cm³/mol. The molecule has 0 aliphatic heterocycles. The molecule has 2 nitrogen and oxygen atoms in total. The zero-order valence-corrected chi connectivity index (χ0v) is 13.7. The van der Waals surface area contributed by atoms with Crippen LogP contribution >= 0.6 is 0 Å². The molecule has 20 heavy (non-hydrogen) atoms. The molecule has 1 aromatic carbocycles. The molecule has 0 spiro atoms. The molecule has 0 heterocycles. The summed E-state index contributed by atoms with van der Waals surface area (Å²) in [5.74, 6) is 0.491. The van der Waals surface area contributed by atoms with Gasteiger partial charge in [-0.2, -0.15) is 0 Å². The molecule has 0 aliphatic rings. The number of hydrogen-bond donors (Lipinski definition) is 2. The van der Waals surface area contributed by atoms with Crippen molar-refractivity contribution in [1.82, 2.24) is 0 Å². The predicted octanol–water partition coefficient (Wildman–Crippen LogP) is 3.65. The Morgan fingerprint density at radius 1 is 1.20 bits per heavy atom. The Hall–Kier alpha value is -0.860. The monoisotopic (exact) mass is 277 g/mol.